The Morgan fingerprint density at radius 2 is 1.68 bits per heavy atom. The van der Waals surface area contributed by atoms with Crippen LogP contribution in [0.3, 0.4) is 0 Å². The lowest BCUT2D eigenvalue weighted by Crippen LogP contribution is -2.37. The number of halogens is 2. The van der Waals surface area contributed by atoms with E-state index in [0.717, 1.165) is 44.4 Å². The summed E-state index contributed by atoms with van der Waals surface area (Å²) >= 11 is 12.2. The van der Waals surface area contributed by atoms with Crippen molar-refractivity contribution in [1.29, 1.82) is 0 Å². The molecule has 1 aliphatic heterocycles. The van der Waals surface area contributed by atoms with E-state index in [9.17, 15) is 0 Å². The van der Waals surface area contributed by atoms with Crippen LogP contribution in [0, 0.1) is 0 Å². The van der Waals surface area contributed by atoms with Gasteiger partial charge in [-0.3, -0.25) is 9.89 Å². The smallest absolute Gasteiger partial charge is 0.191 e. The lowest BCUT2D eigenvalue weighted by molar-refractivity contribution is 0.0341. The summed E-state index contributed by atoms with van der Waals surface area (Å²) in [6, 6.07) is 14.0. The van der Waals surface area contributed by atoms with Crippen molar-refractivity contribution in [1.82, 2.24) is 15.5 Å². The highest BCUT2D eigenvalue weighted by Crippen LogP contribution is 2.20. The lowest BCUT2D eigenvalue weighted by atomic mass is 10.1. The van der Waals surface area contributed by atoms with Gasteiger partial charge in [0.2, 0.25) is 0 Å². The summed E-state index contributed by atoms with van der Waals surface area (Å²) in [7, 11) is 1.76. The number of hydrogen-bond donors (Lipinski definition) is 2. The van der Waals surface area contributed by atoms with Crippen LogP contribution in [0.5, 0.6) is 0 Å². The van der Waals surface area contributed by atoms with E-state index in [1.165, 1.54) is 11.1 Å². The molecule has 0 amide bonds. The van der Waals surface area contributed by atoms with Gasteiger partial charge in [-0.25, -0.2) is 0 Å². The zero-order valence-corrected chi connectivity index (χ0v) is 17.6. The zero-order chi connectivity index (χ0) is 19.8. The maximum atomic E-state index is 6.24. The first kappa shape index (κ1) is 20.9. The second kappa shape index (κ2) is 10.7. The monoisotopic (exact) mass is 420 g/mol. The minimum atomic E-state index is 0.575. The summed E-state index contributed by atoms with van der Waals surface area (Å²) < 4.78 is 5.44. The first-order valence-corrected chi connectivity index (χ1v) is 10.2. The fourth-order valence-corrected chi connectivity index (χ4v) is 3.60. The first-order valence-electron chi connectivity index (χ1n) is 9.41. The van der Waals surface area contributed by atoms with Crippen molar-refractivity contribution in [2.75, 3.05) is 33.4 Å². The van der Waals surface area contributed by atoms with Crippen molar-refractivity contribution >= 4 is 29.2 Å². The van der Waals surface area contributed by atoms with Crippen LogP contribution in [0.2, 0.25) is 10.0 Å². The molecule has 0 atom stereocenters. The third kappa shape index (κ3) is 6.11. The molecular formula is C21H26Cl2N4O. The van der Waals surface area contributed by atoms with Crippen LogP contribution in [-0.4, -0.2) is 44.2 Å². The molecule has 28 heavy (non-hydrogen) atoms. The summed E-state index contributed by atoms with van der Waals surface area (Å²) in [6.45, 7) is 5.79. The fraction of sp³-hybridized carbons (Fsp3) is 0.381. The number of ether oxygens (including phenoxy) is 1. The van der Waals surface area contributed by atoms with Crippen LogP contribution in [-0.2, 0) is 24.4 Å². The molecule has 150 valence electrons. The van der Waals surface area contributed by atoms with E-state index in [2.05, 4.69) is 44.8 Å². The van der Waals surface area contributed by atoms with Gasteiger partial charge in [0.15, 0.2) is 5.96 Å². The molecule has 0 saturated carbocycles. The second-order valence-electron chi connectivity index (χ2n) is 6.67. The standard InChI is InChI=1S/C21H26Cl2N4O/c1-24-21(26-14-17-6-7-19(22)12-20(17)23)25-13-16-4-2-3-5-18(16)15-27-8-10-28-11-9-27/h2-7,12H,8-11,13-15H2,1H3,(H2,24,25,26). The highest BCUT2D eigenvalue weighted by atomic mass is 35.5. The van der Waals surface area contributed by atoms with Gasteiger partial charge in [0.05, 0.1) is 13.2 Å². The average Bonchev–Trinajstić information content (AvgIpc) is 2.71. The number of aliphatic imine (C=N–C) groups is 1. The normalized spacial score (nSPS) is 15.5. The molecule has 0 spiro atoms. The quantitative estimate of drug-likeness (QED) is 0.552. The Morgan fingerprint density at radius 1 is 1.00 bits per heavy atom. The molecule has 1 heterocycles. The Balaban J connectivity index is 1.56. The number of benzene rings is 2. The Bertz CT molecular complexity index is 807. The van der Waals surface area contributed by atoms with Crippen LogP contribution >= 0.6 is 23.2 Å². The number of rotatable bonds is 6. The van der Waals surface area contributed by atoms with Gasteiger partial charge >= 0.3 is 0 Å². The van der Waals surface area contributed by atoms with Gasteiger partial charge < -0.3 is 15.4 Å². The third-order valence-corrected chi connectivity index (χ3v) is 5.33. The fourth-order valence-electron chi connectivity index (χ4n) is 3.13. The number of nitrogens with one attached hydrogen (secondary N) is 2. The van der Waals surface area contributed by atoms with Crippen molar-refractivity contribution in [2.24, 2.45) is 4.99 Å². The minimum absolute atomic E-state index is 0.575. The lowest BCUT2D eigenvalue weighted by Gasteiger charge is -2.27. The molecule has 7 heteroatoms. The predicted octanol–water partition coefficient (Wildman–Crippen LogP) is 3.69. The maximum absolute atomic E-state index is 6.24. The largest absolute Gasteiger partial charge is 0.379 e. The van der Waals surface area contributed by atoms with E-state index < -0.39 is 0 Å². The molecule has 0 unspecified atom stereocenters. The first-order chi connectivity index (χ1) is 13.7. The molecule has 0 bridgehead atoms. The van der Waals surface area contributed by atoms with Crippen molar-refractivity contribution in [3.8, 4) is 0 Å². The van der Waals surface area contributed by atoms with Gasteiger partial charge in [-0.15, -0.1) is 0 Å². The Morgan fingerprint density at radius 3 is 2.36 bits per heavy atom. The van der Waals surface area contributed by atoms with Crippen molar-refractivity contribution in [2.45, 2.75) is 19.6 Å². The molecule has 0 aromatic heterocycles. The van der Waals surface area contributed by atoms with Gasteiger partial charge in [0.1, 0.15) is 0 Å². The van der Waals surface area contributed by atoms with Crippen LogP contribution < -0.4 is 10.6 Å². The van der Waals surface area contributed by atoms with Gasteiger partial charge in [-0.05, 0) is 28.8 Å². The topological polar surface area (TPSA) is 48.9 Å². The van der Waals surface area contributed by atoms with Crippen LogP contribution in [0.25, 0.3) is 0 Å². The van der Waals surface area contributed by atoms with Crippen molar-refractivity contribution < 1.29 is 4.74 Å². The Kier molecular flexibility index (Phi) is 7.98. The summed E-state index contributed by atoms with van der Waals surface area (Å²) in [5.74, 6) is 0.729. The van der Waals surface area contributed by atoms with E-state index in [4.69, 9.17) is 27.9 Å². The molecule has 0 radical (unpaired) electrons. The van der Waals surface area contributed by atoms with E-state index in [0.29, 0.717) is 23.1 Å². The number of hydrogen-bond acceptors (Lipinski definition) is 3. The SMILES string of the molecule is CN=C(NCc1ccc(Cl)cc1Cl)NCc1ccccc1CN1CCOCC1. The predicted molar refractivity (Wildman–Crippen MR) is 116 cm³/mol. The molecule has 1 aliphatic rings. The van der Waals surface area contributed by atoms with Gasteiger partial charge in [0, 0.05) is 49.8 Å². The van der Waals surface area contributed by atoms with Gasteiger partial charge in [-0.1, -0.05) is 53.5 Å². The minimum Gasteiger partial charge on any atom is -0.379 e. The van der Waals surface area contributed by atoms with E-state index in [1.54, 1.807) is 13.1 Å². The number of nitrogens with zero attached hydrogens (tertiary/aromatic N) is 2. The van der Waals surface area contributed by atoms with E-state index in [1.807, 2.05) is 12.1 Å². The van der Waals surface area contributed by atoms with Crippen LogP contribution in [0.4, 0.5) is 0 Å². The third-order valence-electron chi connectivity index (χ3n) is 4.75. The van der Waals surface area contributed by atoms with Crippen molar-refractivity contribution in [3.05, 3.63) is 69.2 Å². The van der Waals surface area contributed by atoms with Crippen LogP contribution in [0.1, 0.15) is 16.7 Å². The molecule has 3 rings (SSSR count). The van der Waals surface area contributed by atoms with Crippen molar-refractivity contribution in [3.63, 3.8) is 0 Å². The molecule has 2 N–H and O–H groups in total. The summed E-state index contributed by atoms with van der Waals surface area (Å²) in [5, 5.41) is 7.97. The average molecular weight is 421 g/mol. The highest BCUT2D eigenvalue weighted by molar-refractivity contribution is 6.35. The summed E-state index contributed by atoms with van der Waals surface area (Å²) in [5.41, 5.74) is 3.57. The van der Waals surface area contributed by atoms with Gasteiger partial charge in [-0.2, -0.15) is 0 Å². The molecule has 2 aromatic rings. The maximum Gasteiger partial charge on any atom is 0.191 e. The molecule has 5 nitrogen and oxygen atoms in total. The summed E-state index contributed by atoms with van der Waals surface area (Å²) in [6.07, 6.45) is 0. The molecule has 0 aliphatic carbocycles. The zero-order valence-electron chi connectivity index (χ0n) is 16.0. The second-order valence-corrected chi connectivity index (χ2v) is 7.52. The van der Waals surface area contributed by atoms with E-state index in [-0.39, 0.29) is 0 Å². The van der Waals surface area contributed by atoms with E-state index >= 15 is 0 Å². The molecule has 1 fully saturated rings. The molecular weight excluding hydrogens is 395 g/mol. The number of morpholine rings is 1. The molecule has 2 aromatic carbocycles. The highest BCUT2D eigenvalue weighted by Gasteiger charge is 2.13. The summed E-state index contributed by atoms with van der Waals surface area (Å²) in [4.78, 5) is 6.74. The Hall–Kier alpha value is -1.79. The van der Waals surface area contributed by atoms with Crippen LogP contribution in [0.15, 0.2) is 47.5 Å². The number of guanidine groups is 1. The van der Waals surface area contributed by atoms with Gasteiger partial charge in [0.25, 0.3) is 0 Å². The Labute approximate surface area is 176 Å². The molecule has 1 saturated heterocycles.